The molecular formula is C13H16N4O. The summed E-state index contributed by atoms with van der Waals surface area (Å²) in [6.07, 6.45) is 3.81. The molecule has 1 aliphatic heterocycles. The van der Waals surface area contributed by atoms with Crippen LogP contribution < -0.4 is 10.6 Å². The van der Waals surface area contributed by atoms with Gasteiger partial charge in [-0.15, -0.1) is 0 Å². The zero-order valence-corrected chi connectivity index (χ0v) is 10.1. The van der Waals surface area contributed by atoms with Crippen LogP contribution in [0.4, 0.5) is 0 Å². The van der Waals surface area contributed by atoms with Crippen molar-refractivity contribution in [3.8, 4) is 0 Å². The topological polar surface area (TPSA) is 69.8 Å². The first-order valence-electron chi connectivity index (χ1n) is 6.26. The number of nitrogens with one attached hydrogen (secondary N) is 3. The van der Waals surface area contributed by atoms with Crippen LogP contribution in [0.5, 0.6) is 0 Å². The molecule has 1 amide bonds. The van der Waals surface area contributed by atoms with Crippen LogP contribution >= 0.6 is 0 Å². The number of carbonyl (C=O) groups excluding carboxylic acids is 1. The molecule has 1 aliphatic rings. The molecule has 0 aliphatic carbocycles. The largest absolute Gasteiger partial charge is 0.351 e. The normalized spacial score (nSPS) is 19.2. The number of benzene rings is 1. The average molecular weight is 244 g/mol. The monoisotopic (exact) mass is 244 g/mol. The third-order valence-electron chi connectivity index (χ3n) is 3.35. The standard InChI is InChI=1S/C13H16N4O/c18-13(12-2-1-5-14-12)15-7-9-3-4-11-10(6-9)8-16-17-11/h3-4,6,8,12,14H,1-2,5,7H2,(H,15,18)(H,16,17). The van der Waals surface area contributed by atoms with Gasteiger partial charge in [-0.25, -0.2) is 0 Å². The Morgan fingerprint density at radius 3 is 3.28 bits per heavy atom. The fourth-order valence-electron chi connectivity index (χ4n) is 2.32. The van der Waals surface area contributed by atoms with Gasteiger partial charge in [-0.3, -0.25) is 9.89 Å². The van der Waals surface area contributed by atoms with Gasteiger partial charge in [0.1, 0.15) is 0 Å². The summed E-state index contributed by atoms with van der Waals surface area (Å²) in [4.78, 5) is 11.8. The van der Waals surface area contributed by atoms with Crippen molar-refractivity contribution in [1.29, 1.82) is 0 Å². The Morgan fingerprint density at radius 1 is 1.50 bits per heavy atom. The van der Waals surface area contributed by atoms with Crippen molar-refractivity contribution in [2.75, 3.05) is 6.54 Å². The van der Waals surface area contributed by atoms with E-state index in [1.54, 1.807) is 6.20 Å². The molecule has 0 radical (unpaired) electrons. The van der Waals surface area contributed by atoms with E-state index in [0.717, 1.165) is 35.9 Å². The van der Waals surface area contributed by atoms with Crippen LogP contribution in [0.1, 0.15) is 18.4 Å². The van der Waals surface area contributed by atoms with Crippen molar-refractivity contribution in [2.45, 2.75) is 25.4 Å². The van der Waals surface area contributed by atoms with E-state index < -0.39 is 0 Å². The summed E-state index contributed by atoms with van der Waals surface area (Å²) in [5.74, 6) is 0.0970. The molecule has 1 aromatic heterocycles. The third kappa shape index (κ3) is 2.22. The molecule has 1 fully saturated rings. The van der Waals surface area contributed by atoms with E-state index in [-0.39, 0.29) is 11.9 Å². The van der Waals surface area contributed by atoms with Gasteiger partial charge in [0.05, 0.1) is 17.8 Å². The first kappa shape index (κ1) is 11.2. The van der Waals surface area contributed by atoms with Crippen molar-refractivity contribution in [1.82, 2.24) is 20.8 Å². The molecule has 1 atom stereocenters. The highest BCUT2D eigenvalue weighted by molar-refractivity contribution is 5.82. The zero-order chi connectivity index (χ0) is 12.4. The number of aromatic amines is 1. The van der Waals surface area contributed by atoms with E-state index >= 15 is 0 Å². The summed E-state index contributed by atoms with van der Waals surface area (Å²) in [5.41, 5.74) is 2.11. The Hall–Kier alpha value is -1.88. The van der Waals surface area contributed by atoms with Gasteiger partial charge >= 0.3 is 0 Å². The van der Waals surface area contributed by atoms with Crippen LogP contribution in [0, 0.1) is 0 Å². The number of rotatable bonds is 3. The predicted molar refractivity (Wildman–Crippen MR) is 69.0 cm³/mol. The highest BCUT2D eigenvalue weighted by Gasteiger charge is 2.21. The van der Waals surface area contributed by atoms with Gasteiger partial charge in [0.25, 0.3) is 0 Å². The quantitative estimate of drug-likeness (QED) is 0.752. The molecule has 2 heterocycles. The fourth-order valence-corrected chi connectivity index (χ4v) is 2.32. The second kappa shape index (κ2) is 4.78. The maximum Gasteiger partial charge on any atom is 0.237 e. The third-order valence-corrected chi connectivity index (χ3v) is 3.35. The molecule has 3 rings (SSSR count). The first-order valence-corrected chi connectivity index (χ1v) is 6.26. The predicted octanol–water partition coefficient (Wildman–Crippen LogP) is 0.931. The molecule has 1 unspecified atom stereocenters. The SMILES string of the molecule is O=C(NCc1ccc2[nH]ncc2c1)C1CCCN1. The van der Waals surface area contributed by atoms with Crippen molar-refractivity contribution in [3.05, 3.63) is 30.0 Å². The Morgan fingerprint density at radius 2 is 2.44 bits per heavy atom. The number of amides is 1. The molecule has 0 saturated carbocycles. The number of fused-ring (bicyclic) bond motifs is 1. The van der Waals surface area contributed by atoms with Crippen molar-refractivity contribution in [2.24, 2.45) is 0 Å². The van der Waals surface area contributed by atoms with Gasteiger partial charge in [0, 0.05) is 11.9 Å². The second-order valence-electron chi connectivity index (χ2n) is 4.66. The van der Waals surface area contributed by atoms with Crippen LogP contribution in [-0.2, 0) is 11.3 Å². The summed E-state index contributed by atoms with van der Waals surface area (Å²) in [5, 5.41) is 14.1. The molecule has 94 valence electrons. The lowest BCUT2D eigenvalue weighted by molar-refractivity contribution is -0.122. The molecule has 0 bridgehead atoms. The Bertz CT molecular complexity index is 557. The molecule has 1 saturated heterocycles. The molecule has 2 aromatic rings. The van der Waals surface area contributed by atoms with Crippen molar-refractivity contribution >= 4 is 16.8 Å². The smallest absolute Gasteiger partial charge is 0.237 e. The number of H-pyrrole nitrogens is 1. The lowest BCUT2D eigenvalue weighted by atomic mass is 10.1. The van der Waals surface area contributed by atoms with E-state index in [4.69, 9.17) is 0 Å². The number of hydrogen-bond donors (Lipinski definition) is 3. The zero-order valence-electron chi connectivity index (χ0n) is 10.1. The minimum atomic E-state index is -0.0114. The minimum Gasteiger partial charge on any atom is -0.351 e. The van der Waals surface area contributed by atoms with Gasteiger partial charge in [-0.1, -0.05) is 6.07 Å². The molecule has 1 aromatic carbocycles. The van der Waals surface area contributed by atoms with E-state index in [0.29, 0.717) is 6.54 Å². The van der Waals surface area contributed by atoms with E-state index in [2.05, 4.69) is 20.8 Å². The number of aromatic nitrogens is 2. The Labute approximate surface area is 105 Å². The minimum absolute atomic E-state index is 0.0114. The highest BCUT2D eigenvalue weighted by atomic mass is 16.2. The first-order chi connectivity index (χ1) is 8.83. The summed E-state index contributed by atoms with van der Waals surface area (Å²) >= 11 is 0. The summed E-state index contributed by atoms with van der Waals surface area (Å²) in [6.45, 7) is 1.51. The molecule has 3 N–H and O–H groups in total. The van der Waals surface area contributed by atoms with Crippen LogP contribution in [0.2, 0.25) is 0 Å². The van der Waals surface area contributed by atoms with Gasteiger partial charge < -0.3 is 10.6 Å². The van der Waals surface area contributed by atoms with E-state index in [1.165, 1.54) is 0 Å². The highest BCUT2D eigenvalue weighted by Crippen LogP contribution is 2.13. The summed E-state index contributed by atoms with van der Waals surface area (Å²) < 4.78 is 0. The van der Waals surface area contributed by atoms with Crippen LogP contribution in [-0.4, -0.2) is 28.7 Å². The van der Waals surface area contributed by atoms with Crippen molar-refractivity contribution < 1.29 is 4.79 Å². The van der Waals surface area contributed by atoms with Gasteiger partial charge in [-0.05, 0) is 37.1 Å². The van der Waals surface area contributed by atoms with E-state index in [1.807, 2.05) is 18.2 Å². The van der Waals surface area contributed by atoms with Crippen molar-refractivity contribution in [3.63, 3.8) is 0 Å². The van der Waals surface area contributed by atoms with Gasteiger partial charge in [-0.2, -0.15) is 5.10 Å². The molecule has 5 heteroatoms. The lowest BCUT2D eigenvalue weighted by Gasteiger charge is -2.11. The Kier molecular flexibility index (Phi) is 2.98. The number of nitrogens with zero attached hydrogens (tertiary/aromatic N) is 1. The fraction of sp³-hybridized carbons (Fsp3) is 0.385. The number of carbonyl (C=O) groups is 1. The molecular weight excluding hydrogens is 228 g/mol. The maximum atomic E-state index is 11.8. The van der Waals surface area contributed by atoms with Crippen LogP contribution in [0.15, 0.2) is 24.4 Å². The average Bonchev–Trinajstić information content (AvgIpc) is 3.05. The van der Waals surface area contributed by atoms with Gasteiger partial charge in [0.15, 0.2) is 0 Å². The summed E-state index contributed by atoms with van der Waals surface area (Å²) in [6, 6.07) is 6.02. The second-order valence-corrected chi connectivity index (χ2v) is 4.66. The van der Waals surface area contributed by atoms with Crippen LogP contribution in [0.3, 0.4) is 0 Å². The lowest BCUT2D eigenvalue weighted by Crippen LogP contribution is -2.39. The molecule has 5 nitrogen and oxygen atoms in total. The molecule has 18 heavy (non-hydrogen) atoms. The summed E-state index contributed by atoms with van der Waals surface area (Å²) in [7, 11) is 0. The van der Waals surface area contributed by atoms with E-state index in [9.17, 15) is 4.79 Å². The number of hydrogen-bond acceptors (Lipinski definition) is 3. The van der Waals surface area contributed by atoms with Crippen LogP contribution in [0.25, 0.3) is 10.9 Å². The Balaban J connectivity index is 1.63. The maximum absolute atomic E-state index is 11.8. The molecule has 0 spiro atoms. The van der Waals surface area contributed by atoms with Gasteiger partial charge in [0.2, 0.25) is 5.91 Å².